The third-order valence-electron chi connectivity index (χ3n) is 7.46. The SMILES string of the molecule is C[C@@H]1C[C@H](N2C(=N)N[C@](C)(c3cccc(NC(=O)c4cn(C)c5ccccc45)c3Cl)CC2=O)CCO1.O=C(O)C(F)(F)F. The van der Waals surface area contributed by atoms with E-state index in [1.807, 2.05) is 55.8 Å². The lowest BCUT2D eigenvalue weighted by atomic mass is 9.85. The van der Waals surface area contributed by atoms with Crippen LogP contribution in [0, 0.1) is 5.41 Å². The lowest BCUT2D eigenvalue weighted by Crippen LogP contribution is -2.63. The van der Waals surface area contributed by atoms with Crippen molar-refractivity contribution >= 4 is 51.9 Å². The van der Waals surface area contributed by atoms with E-state index >= 15 is 0 Å². The first-order valence-electron chi connectivity index (χ1n) is 13.4. The number of carbonyl (C=O) groups excluding carboxylic acids is 2. The first-order chi connectivity index (χ1) is 20.1. The molecule has 5 rings (SSSR count). The predicted octanol–water partition coefficient (Wildman–Crippen LogP) is 5.26. The lowest BCUT2D eigenvalue weighted by molar-refractivity contribution is -0.192. The third kappa shape index (κ3) is 6.78. The first-order valence-corrected chi connectivity index (χ1v) is 13.7. The van der Waals surface area contributed by atoms with Crippen LogP contribution in [0.2, 0.25) is 5.02 Å². The largest absolute Gasteiger partial charge is 0.490 e. The molecule has 2 aliphatic rings. The minimum atomic E-state index is -5.08. The quantitative estimate of drug-likeness (QED) is 0.314. The molecular formula is C29H31ClF3N5O5. The monoisotopic (exact) mass is 621 g/mol. The number of benzene rings is 2. The van der Waals surface area contributed by atoms with E-state index in [1.165, 1.54) is 0 Å². The van der Waals surface area contributed by atoms with E-state index in [0.29, 0.717) is 41.3 Å². The Morgan fingerprint density at radius 3 is 2.51 bits per heavy atom. The van der Waals surface area contributed by atoms with Gasteiger partial charge >= 0.3 is 12.1 Å². The van der Waals surface area contributed by atoms with Gasteiger partial charge in [-0.15, -0.1) is 0 Å². The number of aliphatic carboxylic acids is 1. The number of rotatable bonds is 4. The molecule has 1 aromatic heterocycles. The van der Waals surface area contributed by atoms with Crippen LogP contribution in [0.3, 0.4) is 0 Å². The molecule has 0 spiro atoms. The number of halogens is 4. The van der Waals surface area contributed by atoms with Crippen molar-refractivity contribution in [2.75, 3.05) is 11.9 Å². The van der Waals surface area contributed by atoms with Crippen LogP contribution in [0.15, 0.2) is 48.7 Å². The lowest BCUT2D eigenvalue weighted by Gasteiger charge is -2.45. The number of amides is 2. The Balaban J connectivity index is 0.000000541. The molecule has 2 amide bonds. The smallest absolute Gasteiger partial charge is 0.475 e. The van der Waals surface area contributed by atoms with Gasteiger partial charge in [-0.1, -0.05) is 41.9 Å². The van der Waals surface area contributed by atoms with Crippen LogP contribution in [0.1, 0.15) is 49.0 Å². The zero-order chi connectivity index (χ0) is 31.7. The topological polar surface area (TPSA) is 137 Å². The number of carbonyl (C=O) groups is 3. The van der Waals surface area contributed by atoms with Gasteiger partial charge in [0.15, 0.2) is 5.96 Å². The summed E-state index contributed by atoms with van der Waals surface area (Å²) in [5.41, 5.74) is 1.73. The van der Waals surface area contributed by atoms with Gasteiger partial charge in [-0.2, -0.15) is 13.2 Å². The number of guanidine groups is 1. The van der Waals surface area contributed by atoms with Crippen molar-refractivity contribution in [3.05, 3.63) is 64.8 Å². The molecule has 3 heterocycles. The standard InChI is InChI=1S/C27H30ClN5O3.C2HF3O2/c1-16-13-17(11-12-36-16)33-23(34)14-27(2,31-26(33)29)20-8-6-9-21(24(20)28)30-25(35)19-15-32(3)22-10-5-4-7-18(19)22;3-2(4,5)1(6)7/h4-10,15-17H,11-14H2,1-3H3,(H2,29,31)(H,30,35);(H,6,7)/t16-,17-,27+;/m1./s1. The summed E-state index contributed by atoms with van der Waals surface area (Å²) in [6.45, 7) is 4.42. The number of para-hydroxylation sites is 1. The molecule has 0 radical (unpaired) electrons. The van der Waals surface area contributed by atoms with Crippen LogP contribution < -0.4 is 10.6 Å². The number of hydrogen-bond donors (Lipinski definition) is 4. The maximum atomic E-state index is 13.3. The predicted molar refractivity (Wildman–Crippen MR) is 154 cm³/mol. The molecule has 4 N–H and O–H groups in total. The fourth-order valence-electron chi connectivity index (χ4n) is 5.40. The number of carboxylic acid groups (broad SMARTS) is 1. The van der Waals surface area contributed by atoms with Crippen molar-refractivity contribution in [3.8, 4) is 0 Å². The van der Waals surface area contributed by atoms with Gasteiger partial charge in [0.05, 0.1) is 34.3 Å². The average molecular weight is 622 g/mol. The van der Waals surface area contributed by atoms with E-state index < -0.39 is 17.7 Å². The number of carboxylic acids is 1. The Kier molecular flexibility index (Phi) is 9.07. The third-order valence-corrected chi connectivity index (χ3v) is 7.86. The van der Waals surface area contributed by atoms with E-state index in [1.54, 1.807) is 23.2 Å². The van der Waals surface area contributed by atoms with E-state index in [9.17, 15) is 22.8 Å². The van der Waals surface area contributed by atoms with Gasteiger partial charge < -0.3 is 25.0 Å². The second-order valence-corrected chi connectivity index (χ2v) is 11.1. The van der Waals surface area contributed by atoms with E-state index in [4.69, 9.17) is 31.6 Å². The van der Waals surface area contributed by atoms with Crippen LogP contribution in [0.5, 0.6) is 0 Å². The summed E-state index contributed by atoms with van der Waals surface area (Å²) >= 11 is 6.81. The molecular weight excluding hydrogens is 591 g/mol. The highest BCUT2D eigenvalue weighted by Crippen LogP contribution is 2.39. The van der Waals surface area contributed by atoms with Gasteiger partial charge in [-0.25, -0.2) is 4.79 Å². The Labute approximate surface area is 250 Å². The van der Waals surface area contributed by atoms with Crippen LogP contribution >= 0.6 is 11.6 Å². The Bertz CT molecular complexity index is 1560. The molecule has 43 heavy (non-hydrogen) atoms. The summed E-state index contributed by atoms with van der Waals surface area (Å²) in [6, 6.07) is 13.0. The van der Waals surface area contributed by atoms with E-state index in [2.05, 4.69) is 10.6 Å². The molecule has 2 aliphatic heterocycles. The number of alkyl halides is 3. The van der Waals surface area contributed by atoms with Crippen molar-refractivity contribution in [3.63, 3.8) is 0 Å². The Morgan fingerprint density at radius 1 is 1.21 bits per heavy atom. The van der Waals surface area contributed by atoms with Crippen molar-refractivity contribution < 1.29 is 37.4 Å². The number of hydrogen-bond acceptors (Lipinski definition) is 5. The number of ether oxygens (including phenoxy) is 1. The summed E-state index contributed by atoms with van der Waals surface area (Å²) in [5.74, 6) is -3.08. The molecule has 2 saturated heterocycles. The molecule has 0 bridgehead atoms. The molecule has 0 unspecified atom stereocenters. The van der Waals surface area contributed by atoms with Gasteiger partial charge in [0.25, 0.3) is 5.91 Å². The fraction of sp³-hybridized carbons (Fsp3) is 0.379. The molecule has 3 atom stereocenters. The zero-order valence-electron chi connectivity index (χ0n) is 23.6. The second-order valence-electron chi connectivity index (χ2n) is 10.7. The van der Waals surface area contributed by atoms with Crippen LogP contribution in [-0.4, -0.2) is 63.2 Å². The van der Waals surface area contributed by atoms with Crippen LogP contribution in [0.4, 0.5) is 18.9 Å². The summed E-state index contributed by atoms with van der Waals surface area (Å²) in [7, 11) is 1.90. The normalized spacial score (nSPS) is 22.4. The maximum Gasteiger partial charge on any atom is 0.490 e. The van der Waals surface area contributed by atoms with Gasteiger partial charge in [0.1, 0.15) is 0 Å². The van der Waals surface area contributed by atoms with Gasteiger partial charge in [0, 0.05) is 36.8 Å². The zero-order valence-corrected chi connectivity index (χ0v) is 24.3. The number of fused-ring (bicyclic) bond motifs is 1. The van der Waals surface area contributed by atoms with Crippen molar-refractivity contribution in [1.29, 1.82) is 5.41 Å². The second kappa shape index (κ2) is 12.3. The number of aryl methyl sites for hydroxylation is 1. The first kappa shape index (κ1) is 31.8. The Hall–Kier alpha value is -4.10. The minimum Gasteiger partial charge on any atom is -0.475 e. The fourth-order valence-corrected chi connectivity index (χ4v) is 5.78. The maximum absolute atomic E-state index is 13.3. The average Bonchev–Trinajstić information content (AvgIpc) is 3.26. The molecule has 3 aromatic rings. The number of aromatic nitrogens is 1. The minimum absolute atomic E-state index is 0.0501. The van der Waals surface area contributed by atoms with Gasteiger partial charge in [0.2, 0.25) is 5.91 Å². The molecule has 2 fully saturated rings. The number of nitrogens with zero attached hydrogens (tertiary/aromatic N) is 2. The van der Waals surface area contributed by atoms with Crippen molar-refractivity contribution in [2.45, 2.75) is 57.0 Å². The molecule has 230 valence electrons. The molecule has 0 saturated carbocycles. The van der Waals surface area contributed by atoms with Gasteiger partial charge in [-0.3, -0.25) is 19.9 Å². The van der Waals surface area contributed by atoms with Gasteiger partial charge in [-0.05, 0) is 44.4 Å². The summed E-state index contributed by atoms with van der Waals surface area (Å²) in [6.07, 6.45) is -1.69. The molecule has 2 aromatic carbocycles. The van der Waals surface area contributed by atoms with Crippen LogP contribution in [-0.2, 0) is 26.9 Å². The number of anilines is 1. The number of nitrogens with one attached hydrogen (secondary N) is 3. The highest BCUT2D eigenvalue weighted by atomic mass is 35.5. The molecule has 14 heteroatoms. The van der Waals surface area contributed by atoms with Crippen molar-refractivity contribution in [1.82, 2.24) is 14.8 Å². The highest BCUT2D eigenvalue weighted by molar-refractivity contribution is 6.35. The summed E-state index contributed by atoms with van der Waals surface area (Å²) in [5, 5.41) is 23.1. The van der Waals surface area contributed by atoms with Crippen molar-refractivity contribution in [2.24, 2.45) is 7.05 Å². The van der Waals surface area contributed by atoms with Crippen LogP contribution in [0.25, 0.3) is 10.9 Å². The highest BCUT2D eigenvalue weighted by Gasteiger charge is 2.44. The molecule has 0 aliphatic carbocycles. The molecule has 10 nitrogen and oxygen atoms in total. The summed E-state index contributed by atoms with van der Waals surface area (Å²) in [4.78, 5) is 36.9. The summed E-state index contributed by atoms with van der Waals surface area (Å²) < 4.78 is 39.3. The van der Waals surface area contributed by atoms with E-state index in [-0.39, 0.29) is 36.3 Å². The van der Waals surface area contributed by atoms with E-state index in [0.717, 1.165) is 10.9 Å². The Morgan fingerprint density at radius 2 is 1.88 bits per heavy atom.